The molecule has 0 aliphatic heterocycles. The number of alkyl halides is 3. The van der Waals surface area contributed by atoms with Crippen LogP contribution in [-0.2, 0) is 6.18 Å². The monoisotopic (exact) mass is 282 g/mol. The van der Waals surface area contributed by atoms with Crippen LogP contribution in [0.5, 0.6) is 5.75 Å². The SMILES string of the molecule is CC(Nc1ccc(C(F)(F)F)nc1)c1ccccc1O. The van der Waals surface area contributed by atoms with E-state index in [4.69, 9.17) is 0 Å². The maximum absolute atomic E-state index is 12.4. The average molecular weight is 282 g/mol. The second-order valence-electron chi connectivity index (χ2n) is 4.35. The summed E-state index contributed by atoms with van der Waals surface area (Å²) in [5.74, 6) is 0.132. The number of phenols is 1. The highest BCUT2D eigenvalue weighted by molar-refractivity contribution is 5.46. The molecule has 2 rings (SSSR count). The number of nitrogens with one attached hydrogen (secondary N) is 1. The third-order valence-corrected chi connectivity index (χ3v) is 2.84. The molecule has 1 aromatic heterocycles. The number of halogens is 3. The molecule has 0 radical (unpaired) electrons. The summed E-state index contributed by atoms with van der Waals surface area (Å²) in [6.45, 7) is 1.80. The smallest absolute Gasteiger partial charge is 0.433 e. The van der Waals surface area contributed by atoms with Gasteiger partial charge < -0.3 is 10.4 Å². The molecule has 2 N–H and O–H groups in total. The summed E-state index contributed by atoms with van der Waals surface area (Å²) in [4.78, 5) is 3.37. The van der Waals surface area contributed by atoms with Crippen LogP contribution in [0.25, 0.3) is 0 Å². The van der Waals surface area contributed by atoms with Crippen LogP contribution in [0.1, 0.15) is 24.2 Å². The zero-order valence-electron chi connectivity index (χ0n) is 10.6. The van der Waals surface area contributed by atoms with Crippen molar-refractivity contribution >= 4 is 5.69 Å². The van der Waals surface area contributed by atoms with Crippen molar-refractivity contribution in [2.24, 2.45) is 0 Å². The quantitative estimate of drug-likeness (QED) is 0.895. The maximum Gasteiger partial charge on any atom is 0.433 e. The van der Waals surface area contributed by atoms with Gasteiger partial charge in [-0.3, -0.25) is 0 Å². The minimum atomic E-state index is -4.44. The van der Waals surface area contributed by atoms with Gasteiger partial charge in [-0.2, -0.15) is 13.2 Å². The number of aromatic hydroxyl groups is 1. The van der Waals surface area contributed by atoms with Crippen LogP contribution in [-0.4, -0.2) is 10.1 Å². The first-order valence-electron chi connectivity index (χ1n) is 5.95. The predicted molar refractivity (Wildman–Crippen MR) is 69.4 cm³/mol. The van der Waals surface area contributed by atoms with Crippen molar-refractivity contribution in [3.05, 3.63) is 53.9 Å². The van der Waals surface area contributed by atoms with E-state index in [0.717, 1.165) is 12.3 Å². The van der Waals surface area contributed by atoms with Gasteiger partial charge in [0.15, 0.2) is 0 Å². The van der Waals surface area contributed by atoms with Crippen molar-refractivity contribution in [3.63, 3.8) is 0 Å². The zero-order chi connectivity index (χ0) is 14.8. The Morgan fingerprint density at radius 1 is 1.15 bits per heavy atom. The lowest BCUT2D eigenvalue weighted by molar-refractivity contribution is -0.141. The fraction of sp³-hybridized carbons (Fsp3) is 0.214. The van der Waals surface area contributed by atoms with Gasteiger partial charge in [0.05, 0.1) is 17.9 Å². The zero-order valence-corrected chi connectivity index (χ0v) is 10.6. The molecule has 0 amide bonds. The average Bonchev–Trinajstić information content (AvgIpc) is 2.38. The molecule has 20 heavy (non-hydrogen) atoms. The number of hydrogen-bond acceptors (Lipinski definition) is 3. The molecule has 1 aromatic carbocycles. The lowest BCUT2D eigenvalue weighted by Crippen LogP contribution is -2.10. The van der Waals surface area contributed by atoms with Crippen molar-refractivity contribution in [2.45, 2.75) is 19.1 Å². The van der Waals surface area contributed by atoms with Gasteiger partial charge in [0.2, 0.25) is 0 Å². The fourth-order valence-electron chi connectivity index (χ4n) is 1.83. The van der Waals surface area contributed by atoms with Crippen molar-refractivity contribution in [1.82, 2.24) is 4.98 Å². The van der Waals surface area contributed by atoms with Crippen LogP contribution >= 0.6 is 0 Å². The van der Waals surface area contributed by atoms with Crippen molar-refractivity contribution in [2.75, 3.05) is 5.32 Å². The van der Waals surface area contributed by atoms with Gasteiger partial charge in [-0.25, -0.2) is 4.98 Å². The number of phenolic OH excluding ortho intramolecular Hbond substituents is 1. The van der Waals surface area contributed by atoms with E-state index in [9.17, 15) is 18.3 Å². The van der Waals surface area contributed by atoms with E-state index in [0.29, 0.717) is 11.3 Å². The molecule has 2 aromatic rings. The predicted octanol–water partition coefficient (Wildman–Crippen LogP) is 3.98. The Bertz CT molecular complexity index is 582. The van der Waals surface area contributed by atoms with Gasteiger partial charge in [-0.05, 0) is 25.1 Å². The molecule has 0 saturated heterocycles. The number of para-hydroxylation sites is 1. The molecule has 0 fully saturated rings. The highest BCUT2D eigenvalue weighted by Gasteiger charge is 2.32. The summed E-state index contributed by atoms with van der Waals surface area (Å²) < 4.78 is 37.2. The molecule has 106 valence electrons. The largest absolute Gasteiger partial charge is 0.508 e. The Labute approximate surface area is 114 Å². The number of hydrogen-bond donors (Lipinski definition) is 2. The standard InChI is InChI=1S/C14H13F3N2O/c1-9(11-4-2-3-5-12(11)20)19-10-6-7-13(18-8-10)14(15,16)17/h2-9,19-20H,1H3. The van der Waals surface area contributed by atoms with Gasteiger partial charge in [0.1, 0.15) is 11.4 Å². The fourth-order valence-corrected chi connectivity index (χ4v) is 1.83. The summed E-state index contributed by atoms with van der Waals surface area (Å²) in [7, 11) is 0. The normalized spacial score (nSPS) is 13.0. The lowest BCUT2D eigenvalue weighted by atomic mass is 10.1. The minimum absolute atomic E-state index is 0.132. The topological polar surface area (TPSA) is 45.2 Å². The van der Waals surface area contributed by atoms with Crippen molar-refractivity contribution < 1.29 is 18.3 Å². The van der Waals surface area contributed by atoms with E-state index in [1.807, 2.05) is 0 Å². The van der Waals surface area contributed by atoms with Gasteiger partial charge >= 0.3 is 6.18 Å². The third-order valence-electron chi connectivity index (χ3n) is 2.84. The number of pyridine rings is 1. The Kier molecular flexibility index (Phi) is 3.83. The first-order chi connectivity index (χ1) is 9.38. The Morgan fingerprint density at radius 3 is 2.40 bits per heavy atom. The van der Waals surface area contributed by atoms with Crippen LogP contribution in [0.2, 0.25) is 0 Å². The molecule has 0 bridgehead atoms. The molecule has 1 unspecified atom stereocenters. The van der Waals surface area contributed by atoms with Crippen LogP contribution < -0.4 is 5.32 Å². The summed E-state index contributed by atoms with van der Waals surface area (Å²) >= 11 is 0. The van der Waals surface area contributed by atoms with E-state index < -0.39 is 11.9 Å². The third kappa shape index (κ3) is 3.20. The van der Waals surface area contributed by atoms with Gasteiger partial charge in [-0.15, -0.1) is 0 Å². The molecule has 0 saturated carbocycles. The summed E-state index contributed by atoms with van der Waals surface area (Å²) in [6, 6.07) is 8.74. The van der Waals surface area contributed by atoms with E-state index in [1.54, 1.807) is 31.2 Å². The summed E-state index contributed by atoms with van der Waals surface area (Å²) in [5, 5.41) is 12.7. The van der Waals surface area contributed by atoms with Crippen LogP contribution in [0.15, 0.2) is 42.6 Å². The number of aromatic nitrogens is 1. The van der Waals surface area contributed by atoms with E-state index in [-0.39, 0.29) is 11.8 Å². The minimum Gasteiger partial charge on any atom is -0.508 e. The molecule has 1 atom stereocenters. The number of rotatable bonds is 3. The van der Waals surface area contributed by atoms with Crippen LogP contribution in [0.3, 0.4) is 0 Å². The molecule has 0 aliphatic rings. The van der Waals surface area contributed by atoms with Crippen LogP contribution in [0, 0.1) is 0 Å². The second-order valence-corrected chi connectivity index (χ2v) is 4.35. The summed E-state index contributed by atoms with van der Waals surface area (Å²) in [6.07, 6.45) is -3.32. The molecule has 6 heteroatoms. The van der Waals surface area contributed by atoms with Crippen LogP contribution in [0.4, 0.5) is 18.9 Å². The Hall–Kier alpha value is -2.24. The van der Waals surface area contributed by atoms with Crippen molar-refractivity contribution in [3.8, 4) is 5.75 Å². The molecule has 1 heterocycles. The first-order valence-corrected chi connectivity index (χ1v) is 5.95. The second kappa shape index (κ2) is 5.40. The Morgan fingerprint density at radius 2 is 1.85 bits per heavy atom. The lowest BCUT2D eigenvalue weighted by Gasteiger charge is -2.17. The molecular formula is C14H13F3N2O. The van der Waals surface area contributed by atoms with Crippen molar-refractivity contribution in [1.29, 1.82) is 0 Å². The number of anilines is 1. The van der Waals surface area contributed by atoms with E-state index in [2.05, 4.69) is 10.3 Å². The molecule has 0 aliphatic carbocycles. The first kappa shape index (κ1) is 14.2. The van der Waals surface area contributed by atoms with Gasteiger partial charge in [0, 0.05) is 5.56 Å². The van der Waals surface area contributed by atoms with E-state index in [1.165, 1.54) is 6.07 Å². The highest BCUT2D eigenvalue weighted by Crippen LogP contribution is 2.29. The number of nitrogens with zero attached hydrogens (tertiary/aromatic N) is 1. The van der Waals surface area contributed by atoms with Gasteiger partial charge in [0.25, 0.3) is 0 Å². The number of benzene rings is 1. The molecule has 3 nitrogen and oxygen atoms in total. The molecule has 0 spiro atoms. The molecular weight excluding hydrogens is 269 g/mol. The van der Waals surface area contributed by atoms with E-state index >= 15 is 0 Å². The Balaban J connectivity index is 2.13. The van der Waals surface area contributed by atoms with Gasteiger partial charge in [-0.1, -0.05) is 18.2 Å². The summed E-state index contributed by atoms with van der Waals surface area (Å²) in [5.41, 5.74) is 0.180. The highest BCUT2D eigenvalue weighted by atomic mass is 19.4. The maximum atomic E-state index is 12.4.